The van der Waals surface area contributed by atoms with Crippen LogP contribution in [0, 0.1) is 13.8 Å². The minimum atomic E-state index is -1.15. The van der Waals surface area contributed by atoms with Gasteiger partial charge >= 0.3 is 5.97 Å². The Bertz CT molecular complexity index is 953. The van der Waals surface area contributed by atoms with Crippen molar-refractivity contribution in [3.8, 4) is 11.3 Å². The van der Waals surface area contributed by atoms with Crippen LogP contribution < -0.4 is 0 Å². The molecule has 0 radical (unpaired) electrons. The molecule has 0 aliphatic heterocycles. The highest BCUT2D eigenvalue weighted by atomic mass is 16.5. The maximum atomic E-state index is 12.1. The molecule has 0 bridgehead atoms. The Morgan fingerprint density at radius 1 is 1.15 bits per heavy atom. The van der Waals surface area contributed by atoms with Crippen molar-refractivity contribution < 1.29 is 14.6 Å². The fourth-order valence-electron chi connectivity index (χ4n) is 2.96. The van der Waals surface area contributed by atoms with Gasteiger partial charge < -0.3 is 9.84 Å². The molecule has 26 heavy (non-hydrogen) atoms. The second kappa shape index (κ2) is 6.53. The van der Waals surface area contributed by atoms with E-state index in [0.717, 1.165) is 11.1 Å². The van der Waals surface area contributed by atoms with Crippen molar-refractivity contribution in [2.24, 2.45) is 0 Å². The zero-order chi connectivity index (χ0) is 19.1. The largest absolute Gasteiger partial charge is 0.479 e. The van der Waals surface area contributed by atoms with Gasteiger partial charge in [0.25, 0.3) is 0 Å². The molecule has 1 N–H and O–H groups in total. The Labute approximate surface area is 152 Å². The Balaban J connectivity index is 2.33. The number of rotatable bonds is 4. The van der Waals surface area contributed by atoms with E-state index in [1.165, 1.54) is 0 Å². The molecule has 0 amide bonds. The lowest BCUT2D eigenvalue weighted by Crippen LogP contribution is -2.29. The van der Waals surface area contributed by atoms with Gasteiger partial charge in [0.2, 0.25) is 0 Å². The van der Waals surface area contributed by atoms with Crippen molar-refractivity contribution >= 4 is 11.6 Å². The molecular weight excluding hydrogens is 330 g/mol. The molecule has 0 saturated carbocycles. The molecule has 1 aromatic carbocycles. The van der Waals surface area contributed by atoms with Crippen molar-refractivity contribution in [3.05, 3.63) is 53.3 Å². The van der Waals surface area contributed by atoms with E-state index in [2.05, 4.69) is 10.1 Å². The highest BCUT2D eigenvalue weighted by Gasteiger charge is 2.32. The molecule has 2 aromatic heterocycles. The lowest BCUT2D eigenvalue weighted by Gasteiger charge is -2.27. The first kappa shape index (κ1) is 18.1. The minimum Gasteiger partial charge on any atom is -0.479 e. The van der Waals surface area contributed by atoms with E-state index >= 15 is 0 Å². The van der Waals surface area contributed by atoms with Crippen LogP contribution in [0.1, 0.15) is 43.7 Å². The summed E-state index contributed by atoms with van der Waals surface area (Å²) in [6.07, 6.45) is 0.510. The van der Waals surface area contributed by atoms with E-state index in [9.17, 15) is 9.90 Å². The third-order valence-electron chi connectivity index (χ3n) is 4.04. The summed E-state index contributed by atoms with van der Waals surface area (Å²) in [7, 11) is 0. The van der Waals surface area contributed by atoms with Crippen molar-refractivity contribution in [2.45, 2.75) is 46.3 Å². The van der Waals surface area contributed by atoms with Gasteiger partial charge in [-0.3, -0.25) is 0 Å². The number of carboxylic acid groups (broad SMARTS) is 1. The number of carbonyl (C=O) groups is 1. The van der Waals surface area contributed by atoms with Crippen molar-refractivity contribution in [3.63, 3.8) is 0 Å². The normalized spacial score (nSPS) is 13.1. The van der Waals surface area contributed by atoms with Gasteiger partial charge in [0.15, 0.2) is 11.8 Å². The van der Waals surface area contributed by atoms with Crippen molar-refractivity contribution in [2.75, 3.05) is 0 Å². The zero-order valence-electron chi connectivity index (χ0n) is 15.6. The Morgan fingerprint density at radius 2 is 1.81 bits per heavy atom. The molecule has 0 saturated heterocycles. The van der Waals surface area contributed by atoms with Crippen LogP contribution in [-0.4, -0.2) is 31.3 Å². The molecule has 3 aromatic rings. The number of nitrogens with zero attached hydrogens (tertiary/aromatic N) is 3. The Hall–Kier alpha value is -2.73. The summed E-state index contributed by atoms with van der Waals surface area (Å²) in [5.41, 5.74) is 3.86. The zero-order valence-corrected chi connectivity index (χ0v) is 15.6. The summed E-state index contributed by atoms with van der Waals surface area (Å²) < 4.78 is 7.57. The van der Waals surface area contributed by atoms with Gasteiger partial charge in [-0.15, -0.1) is 0 Å². The average molecular weight is 353 g/mol. The molecule has 0 aliphatic rings. The summed E-state index contributed by atoms with van der Waals surface area (Å²) in [6, 6.07) is 9.71. The molecule has 1 atom stereocenters. The predicted molar refractivity (Wildman–Crippen MR) is 99.1 cm³/mol. The van der Waals surface area contributed by atoms with Gasteiger partial charge in [-0.1, -0.05) is 29.8 Å². The quantitative estimate of drug-likeness (QED) is 0.768. The number of aromatic nitrogens is 3. The van der Waals surface area contributed by atoms with E-state index in [0.29, 0.717) is 22.6 Å². The van der Waals surface area contributed by atoms with Crippen LogP contribution in [0.5, 0.6) is 0 Å². The summed E-state index contributed by atoms with van der Waals surface area (Å²) in [5, 5.41) is 14.2. The maximum absolute atomic E-state index is 12.1. The molecule has 136 valence electrons. The van der Waals surface area contributed by atoms with Gasteiger partial charge in [0.1, 0.15) is 0 Å². The fourth-order valence-corrected chi connectivity index (χ4v) is 2.96. The van der Waals surface area contributed by atoms with Crippen LogP contribution in [0.4, 0.5) is 0 Å². The first-order chi connectivity index (χ1) is 12.2. The third-order valence-corrected chi connectivity index (χ3v) is 4.04. The lowest BCUT2D eigenvalue weighted by molar-refractivity contribution is -0.160. The summed E-state index contributed by atoms with van der Waals surface area (Å²) in [4.78, 5) is 16.6. The van der Waals surface area contributed by atoms with Crippen molar-refractivity contribution in [1.82, 2.24) is 14.6 Å². The van der Waals surface area contributed by atoms with Crippen LogP contribution in [0.2, 0.25) is 0 Å². The summed E-state index contributed by atoms with van der Waals surface area (Å²) in [6.45, 7) is 9.33. The lowest BCUT2D eigenvalue weighted by atomic mass is 9.98. The molecule has 1 unspecified atom stereocenters. The number of fused-ring (bicyclic) bond motifs is 1. The molecule has 0 fully saturated rings. The van der Waals surface area contributed by atoms with E-state index in [1.807, 2.05) is 58.9 Å². The van der Waals surface area contributed by atoms with Gasteiger partial charge in [-0.2, -0.15) is 5.10 Å². The second-order valence-electron chi connectivity index (χ2n) is 7.38. The topological polar surface area (TPSA) is 76.7 Å². The monoisotopic (exact) mass is 353 g/mol. The molecular formula is C20H23N3O3. The van der Waals surface area contributed by atoms with E-state index in [4.69, 9.17) is 4.74 Å². The van der Waals surface area contributed by atoms with Gasteiger partial charge in [-0.25, -0.2) is 14.3 Å². The van der Waals surface area contributed by atoms with Crippen LogP contribution in [0.3, 0.4) is 0 Å². The second-order valence-corrected chi connectivity index (χ2v) is 7.38. The Kier molecular flexibility index (Phi) is 4.54. The summed E-state index contributed by atoms with van der Waals surface area (Å²) >= 11 is 0. The van der Waals surface area contributed by atoms with Gasteiger partial charge in [0, 0.05) is 22.9 Å². The molecule has 6 heteroatoms. The number of carboxylic acids is 1. The first-order valence-electron chi connectivity index (χ1n) is 8.49. The molecule has 6 nitrogen and oxygen atoms in total. The standard InChI is InChI=1S/C20H23N3O3/c1-12-6-8-14(9-7-12)17-16(18(19(24)25)26-20(3,4)5)13(2)22-15-10-11-21-23(15)17/h6-11,18H,1-5H3,(H,24,25). The maximum Gasteiger partial charge on any atom is 0.337 e. The highest BCUT2D eigenvalue weighted by Crippen LogP contribution is 2.35. The highest BCUT2D eigenvalue weighted by molar-refractivity contribution is 5.80. The fraction of sp³-hybridized carbons (Fsp3) is 0.350. The number of aliphatic carboxylic acids is 1. The molecule has 0 aliphatic carbocycles. The van der Waals surface area contributed by atoms with Crippen LogP contribution in [-0.2, 0) is 9.53 Å². The molecule has 3 rings (SSSR count). The van der Waals surface area contributed by atoms with Crippen LogP contribution in [0.15, 0.2) is 36.5 Å². The van der Waals surface area contributed by atoms with Crippen molar-refractivity contribution in [1.29, 1.82) is 0 Å². The molecule has 0 spiro atoms. The third kappa shape index (κ3) is 3.46. The minimum absolute atomic E-state index is 0.521. The van der Waals surface area contributed by atoms with Gasteiger partial charge in [-0.05, 0) is 34.6 Å². The number of aryl methyl sites for hydroxylation is 2. The summed E-state index contributed by atoms with van der Waals surface area (Å²) in [5.74, 6) is -1.05. The molecule has 2 heterocycles. The first-order valence-corrected chi connectivity index (χ1v) is 8.49. The number of hydrogen-bond donors (Lipinski definition) is 1. The van der Waals surface area contributed by atoms with Crippen LogP contribution in [0.25, 0.3) is 16.9 Å². The van der Waals surface area contributed by atoms with E-state index < -0.39 is 17.7 Å². The van der Waals surface area contributed by atoms with E-state index in [1.54, 1.807) is 16.8 Å². The SMILES string of the molecule is Cc1ccc(-c2c(C(OC(C)(C)C)C(=O)O)c(C)nc3ccnn23)cc1. The number of hydrogen-bond acceptors (Lipinski definition) is 4. The Morgan fingerprint density at radius 3 is 2.38 bits per heavy atom. The predicted octanol–water partition coefficient (Wildman–Crippen LogP) is 3.95. The van der Waals surface area contributed by atoms with Gasteiger partial charge in [0.05, 0.1) is 17.5 Å². The number of ether oxygens (including phenoxy) is 1. The average Bonchev–Trinajstić information content (AvgIpc) is 2.99. The van der Waals surface area contributed by atoms with E-state index in [-0.39, 0.29) is 0 Å². The smallest absolute Gasteiger partial charge is 0.337 e. The van der Waals surface area contributed by atoms with Crippen LogP contribution >= 0.6 is 0 Å². The number of benzene rings is 1.